The number of rotatable bonds is 8. The normalized spacial score (nSPS) is 13.8. The Hall–Kier alpha value is -1.42. The van der Waals surface area contributed by atoms with E-state index < -0.39 is 0 Å². The number of aromatic nitrogens is 1. The van der Waals surface area contributed by atoms with E-state index in [-0.39, 0.29) is 12.1 Å². The first-order valence-corrected chi connectivity index (χ1v) is 8.06. The number of hydrogen-bond acceptors (Lipinski definition) is 3. The molecule has 0 aliphatic carbocycles. The zero-order valence-electron chi connectivity index (χ0n) is 13.1. The van der Waals surface area contributed by atoms with Crippen LogP contribution >= 0.6 is 11.6 Å². The van der Waals surface area contributed by atoms with E-state index >= 15 is 0 Å². The topological polar surface area (TPSA) is 34.1 Å². The average molecular weight is 319 g/mol. The number of hydrogen-bond donors (Lipinski definition) is 1. The van der Waals surface area contributed by atoms with Gasteiger partial charge in [0, 0.05) is 18.8 Å². The van der Waals surface area contributed by atoms with Crippen molar-refractivity contribution in [2.24, 2.45) is 0 Å². The van der Waals surface area contributed by atoms with E-state index in [0.29, 0.717) is 5.15 Å². The maximum atomic E-state index is 5.91. The Morgan fingerprint density at radius 3 is 2.64 bits per heavy atom. The lowest BCUT2D eigenvalue weighted by molar-refractivity contribution is 0.0638. The van der Waals surface area contributed by atoms with Crippen LogP contribution in [0.2, 0.25) is 5.15 Å². The summed E-state index contributed by atoms with van der Waals surface area (Å²) in [6.07, 6.45) is 2.85. The molecule has 2 rings (SSSR count). The van der Waals surface area contributed by atoms with Crippen LogP contribution < -0.4 is 5.32 Å². The van der Waals surface area contributed by atoms with Crippen LogP contribution in [-0.2, 0) is 4.74 Å². The quantitative estimate of drug-likeness (QED) is 0.572. The van der Waals surface area contributed by atoms with Gasteiger partial charge >= 0.3 is 0 Å². The summed E-state index contributed by atoms with van der Waals surface area (Å²) in [5.74, 6) is 0. The predicted octanol–water partition coefficient (Wildman–Crippen LogP) is 4.55. The Kier molecular flexibility index (Phi) is 6.84. The van der Waals surface area contributed by atoms with Crippen molar-refractivity contribution in [2.75, 3.05) is 13.2 Å². The van der Waals surface area contributed by atoms with Crippen molar-refractivity contribution in [3.63, 3.8) is 0 Å². The van der Waals surface area contributed by atoms with Gasteiger partial charge in [0.2, 0.25) is 0 Å². The van der Waals surface area contributed by atoms with E-state index in [9.17, 15) is 0 Å². The Labute approximate surface area is 137 Å². The van der Waals surface area contributed by atoms with Gasteiger partial charge < -0.3 is 10.1 Å². The van der Waals surface area contributed by atoms with Gasteiger partial charge in [-0.2, -0.15) is 0 Å². The lowest BCUT2D eigenvalue weighted by atomic mass is 10.1. The Morgan fingerprint density at radius 2 is 1.91 bits per heavy atom. The van der Waals surface area contributed by atoms with Gasteiger partial charge in [0.15, 0.2) is 0 Å². The minimum absolute atomic E-state index is 0.137. The van der Waals surface area contributed by atoms with Crippen LogP contribution in [0.5, 0.6) is 0 Å². The summed E-state index contributed by atoms with van der Waals surface area (Å²) in [4.78, 5) is 4.00. The molecule has 0 fully saturated rings. The fraction of sp³-hybridized carbons (Fsp3) is 0.389. The molecule has 0 unspecified atom stereocenters. The lowest BCUT2D eigenvalue weighted by Gasteiger charge is -2.16. The van der Waals surface area contributed by atoms with Crippen molar-refractivity contribution in [2.45, 2.75) is 32.4 Å². The molecule has 0 radical (unpaired) electrons. The molecule has 2 aromatic rings. The lowest BCUT2D eigenvalue weighted by Crippen LogP contribution is -2.21. The van der Waals surface area contributed by atoms with Crippen molar-refractivity contribution < 1.29 is 4.74 Å². The van der Waals surface area contributed by atoms with Crippen LogP contribution in [0, 0.1) is 0 Å². The summed E-state index contributed by atoms with van der Waals surface area (Å²) in [6, 6.07) is 14.4. The average Bonchev–Trinajstić information content (AvgIpc) is 2.55. The predicted molar refractivity (Wildman–Crippen MR) is 91.1 cm³/mol. The van der Waals surface area contributed by atoms with Crippen LogP contribution in [0.1, 0.15) is 43.5 Å². The van der Waals surface area contributed by atoms with Crippen LogP contribution in [0.4, 0.5) is 0 Å². The molecule has 1 N–H and O–H groups in total. The van der Waals surface area contributed by atoms with E-state index in [1.165, 1.54) is 5.56 Å². The van der Waals surface area contributed by atoms with Gasteiger partial charge in [-0.05, 0) is 50.1 Å². The highest BCUT2D eigenvalue weighted by atomic mass is 35.5. The van der Waals surface area contributed by atoms with Gasteiger partial charge in [0.1, 0.15) is 5.15 Å². The van der Waals surface area contributed by atoms with Crippen molar-refractivity contribution in [1.29, 1.82) is 0 Å². The molecule has 0 bridgehead atoms. The fourth-order valence-corrected chi connectivity index (χ4v) is 2.46. The minimum Gasteiger partial charge on any atom is -0.374 e. The highest BCUT2D eigenvalue weighted by Gasteiger charge is 2.06. The first-order chi connectivity index (χ1) is 10.7. The number of halogens is 1. The van der Waals surface area contributed by atoms with E-state index in [2.05, 4.69) is 36.3 Å². The van der Waals surface area contributed by atoms with Gasteiger partial charge in [0.05, 0.1) is 6.10 Å². The number of pyridine rings is 1. The van der Waals surface area contributed by atoms with Crippen LogP contribution in [0.25, 0.3) is 0 Å². The molecule has 0 saturated heterocycles. The summed E-state index contributed by atoms with van der Waals surface area (Å²) in [7, 11) is 0. The highest BCUT2D eigenvalue weighted by molar-refractivity contribution is 6.29. The van der Waals surface area contributed by atoms with Crippen LogP contribution in [-0.4, -0.2) is 18.1 Å². The zero-order valence-corrected chi connectivity index (χ0v) is 13.9. The summed E-state index contributed by atoms with van der Waals surface area (Å²) in [5.41, 5.74) is 2.37. The second kappa shape index (κ2) is 8.89. The molecule has 0 spiro atoms. The van der Waals surface area contributed by atoms with Crippen molar-refractivity contribution >= 4 is 11.6 Å². The Morgan fingerprint density at radius 1 is 1.14 bits per heavy atom. The smallest absolute Gasteiger partial charge is 0.129 e. The molecule has 22 heavy (non-hydrogen) atoms. The van der Waals surface area contributed by atoms with E-state index in [1.54, 1.807) is 6.20 Å². The number of nitrogens with one attached hydrogen (secondary N) is 1. The second-order valence-electron chi connectivity index (χ2n) is 5.36. The monoisotopic (exact) mass is 318 g/mol. The molecule has 1 aromatic heterocycles. The third-order valence-electron chi connectivity index (χ3n) is 3.66. The molecule has 4 heteroatoms. The number of ether oxygens (including phenoxy) is 1. The molecular formula is C18H23ClN2O. The minimum atomic E-state index is 0.137. The van der Waals surface area contributed by atoms with Gasteiger partial charge in [-0.1, -0.05) is 41.9 Å². The molecule has 3 nitrogen and oxygen atoms in total. The number of benzene rings is 1. The van der Waals surface area contributed by atoms with E-state index in [4.69, 9.17) is 16.3 Å². The van der Waals surface area contributed by atoms with Crippen molar-refractivity contribution in [3.8, 4) is 0 Å². The summed E-state index contributed by atoms with van der Waals surface area (Å²) >= 11 is 5.91. The van der Waals surface area contributed by atoms with E-state index in [0.717, 1.165) is 25.1 Å². The Bertz CT molecular complexity index is 562. The molecule has 2 atom stereocenters. The third-order valence-corrected chi connectivity index (χ3v) is 3.87. The molecular weight excluding hydrogens is 296 g/mol. The summed E-state index contributed by atoms with van der Waals surface area (Å²) in [5, 5.41) is 4.01. The maximum Gasteiger partial charge on any atom is 0.129 e. The van der Waals surface area contributed by atoms with Gasteiger partial charge in [0.25, 0.3) is 0 Å². The molecule has 1 aromatic carbocycles. The third kappa shape index (κ3) is 5.41. The fourth-order valence-electron chi connectivity index (χ4n) is 2.28. The second-order valence-corrected chi connectivity index (χ2v) is 5.75. The van der Waals surface area contributed by atoms with Crippen LogP contribution in [0.3, 0.4) is 0 Å². The Balaban J connectivity index is 1.65. The largest absolute Gasteiger partial charge is 0.374 e. The first kappa shape index (κ1) is 16.9. The van der Waals surface area contributed by atoms with Gasteiger partial charge in [-0.3, -0.25) is 0 Å². The standard InChI is InChI=1S/C18H23ClN2O/c1-14(17-9-11-21-18(19)13-17)20-10-6-12-22-15(2)16-7-4-3-5-8-16/h3-5,7-9,11,13-15,20H,6,10,12H2,1-2H3/t14-,15-/m0/s1. The molecule has 0 aliphatic heterocycles. The molecule has 118 valence electrons. The zero-order chi connectivity index (χ0) is 15.8. The molecule has 1 heterocycles. The molecule has 0 amide bonds. The summed E-state index contributed by atoms with van der Waals surface area (Å²) < 4.78 is 5.86. The number of nitrogens with zero attached hydrogens (tertiary/aromatic N) is 1. The summed E-state index contributed by atoms with van der Waals surface area (Å²) in [6.45, 7) is 5.86. The van der Waals surface area contributed by atoms with E-state index in [1.807, 2.05) is 30.3 Å². The highest BCUT2D eigenvalue weighted by Crippen LogP contribution is 2.17. The van der Waals surface area contributed by atoms with Crippen molar-refractivity contribution in [3.05, 3.63) is 64.9 Å². The molecule has 0 saturated carbocycles. The van der Waals surface area contributed by atoms with Gasteiger partial charge in [-0.15, -0.1) is 0 Å². The molecule has 0 aliphatic rings. The maximum absolute atomic E-state index is 5.91. The van der Waals surface area contributed by atoms with Gasteiger partial charge in [-0.25, -0.2) is 4.98 Å². The van der Waals surface area contributed by atoms with Crippen LogP contribution in [0.15, 0.2) is 48.7 Å². The van der Waals surface area contributed by atoms with Crippen molar-refractivity contribution in [1.82, 2.24) is 10.3 Å². The SMILES string of the molecule is C[C@H](NCCCO[C@@H](C)c1ccccc1)c1ccnc(Cl)c1. The first-order valence-electron chi connectivity index (χ1n) is 7.68.